The van der Waals surface area contributed by atoms with Crippen molar-refractivity contribution in [3.63, 3.8) is 0 Å². The Balaban J connectivity index is 2.10. The molecule has 0 saturated carbocycles. The number of carbonyl (C=O) groups is 2. The summed E-state index contributed by atoms with van der Waals surface area (Å²) in [6, 6.07) is -0.464. The Morgan fingerprint density at radius 2 is 2.20 bits per heavy atom. The van der Waals surface area contributed by atoms with Crippen LogP contribution in [0.4, 0.5) is 0 Å². The van der Waals surface area contributed by atoms with E-state index in [-0.39, 0.29) is 18.4 Å². The van der Waals surface area contributed by atoms with Gasteiger partial charge in [0.05, 0.1) is 0 Å². The van der Waals surface area contributed by atoms with E-state index in [1.807, 2.05) is 13.8 Å². The van der Waals surface area contributed by atoms with Gasteiger partial charge < -0.3 is 14.7 Å². The molecule has 0 aliphatic carbocycles. The van der Waals surface area contributed by atoms with Crippen molar-refractivity contribution in [2.75, 3.05) is 6.54 Å². The van der Waals surface area contributed by atoms with Crippen LogP contribution in [-0.4, -0.2) is 39.4 Å². The van der Waals surface area contributed by atoms with Crippen molar-refractivity contribution < 1.29 is 14.1 Å². The minimum Gasteiger partial charge on any atom is -0.344 e. The second kappa shape index (κ2) is 6.02. The summed E-state index contributed by atoms with van der Waals surface area (Å²) >= 11 is 0. The highest BCUT2D eigenvalue weighted by atomic mass is 16.5. The average molecular weight is 280 g/mol. The highest BCUT2D eigenvalue weighted by Gasteiger charge is 2.31. The number of carbonyl (C=O) groups excluding carboxylic acids is 2. The Bertz CT molecular complexity index is 498. The van der Waals surface area contributed by atoms with Crippen LogP contribution in [0.2, 0.25) is 0 Å². The standard InChI is InChI=1S/C13H20N4O3/c1-8(2)6-10-13(19)17(5-4-11(18)15-10)7-12-14-9(3)16-20-12/h8,10H,4-7H2,1-3H3,(H,15,18). The van der Waals surface area contributed by atoms with Gasteiger partial charge in [-0.2, -0.15) is 4.98 Å². The number of rotatable bonds is 4. The van der Waals surface area contributed by atoms with E-state index in [0.29, 0.717) is 37.0 Å². The quantitative estimate of drug-likeness (QED) is 0.874. The van der Waals surface area contributed by atoms with Crippen LogP contribution in [0.15, 0.2) is 4.52 Å². The largest absolute Gasteiger partial charge is 0.344 e. The Labute approximate surface area is 117 Å². The van der Waals surface area contributed by atoms with Crippen LogP contribution in [0.3, 0.4) is 0 Å². The van der Waals surface area contributed by atoms with E-state index in [2.05, 4.69) is 15.5 Å². The van der Waals surface area contributed by atoms with E-state index in [1.54, 1.807) is 11.8 Å². The molecular weight excluding hydrogens is 260 g/mol. The van der Waals surface area contributed by atoms with Gasteiger partial charge in [0, 0.05) is 13.0 Å². The number of hydrogen-bond donors (Lipinski definition) is 1. The molecule has 1 N–H and O–H groups in total. The minimum atomic E-state index is -0.464. The van der Waals surface area contributed by atoms with Gasteiger partial charge in [0.25, 0.3) is 0 Å². The molecule has 1 aromatic heterocycles. The molecule has 1 aromatic rings. The molecule has 0 bridgehead atoms. The van der Waals surface area contributed by atoms with E-state index in [0.717, 1.165) is 0 Å². The molecule has 0 spiro atoms. The number of amides is 2. The van der Waals surface area contributed by atoms with Crippen molar-refractivity contribution in [3.05, 3.63) is 11.7 Å². The summed E-state index contributed by atoms with van der Waals surface area (Å²) in [7, 11) is 0. The Morgan fingerprint density at radius 1 is 1.45 bits per heavy atom. The Kier molecular flexibility index (Phi) is 4.36. The van der Waals surface area contributed by atoms with Crippen molar-refractivity contribution in [2.24, 2.45) is 5.92 Å². The number of aromatic nitrogens is 2. The number of hydrogen-bond acceptors (Lipinski definition) is 5. The maximum Gasteiger partial charge on any atom is 0.246 e. The van der Waals surface area contributed by atoms with Gasteiger partial charge in [-0.3, -0.25) is 9.59 Å². The SMILES string of the molecule is Cc1noc(CN2CCC(=O)NC(CC(C)C)C2=O)n1. The van der Waals surface area contributed by atoms with Crippen LogP contribution >= 0.6 is 0 Å². The van der Waals surface area contributed by atoms with Gasteiger partial charge in [-0.15, -0.1) is 0 Å². The minimum absolute atomic E-state index is 0.0830. The lowest BCUT2D eigenvalue weighted by molar-refractivity contribution is -0.134. The zero-order chi connectivity index (χ0) is 14.7. The lowest BCUT2D eigenvalue weighted by Crippen LogP contribution is -2.45. The molecule has 1 aliphatic heterocycles. The molecule has 2 amide bonds. The normalized spacial score (nSPS) is 20.2. The van der Waals surface area contributed by atoms with Crippen molar-refractivity contribution >= 4 is 11.8 Å². The smallest absolute Gasteiger partial charge is 0.246 e. The number of nitrogens with one attached hydrogen (secondary N) is 1. The third-order valence-corrected chi connectivity index (χ3v) is 3.16. The first-order valence-electron chi connectivity index (χ1n) is 6.83. The lowest BCUT2D eigenvalue weighted by atomic mass is 10.0. The van der Waals surface area contributed by atoms with E-state index in [9.17, 15) is 9.59 Å². The molecular formula is C13H20N4O3. The van der Waals surface area contributed by atoms with Gasteiger partial charge in [-0.25, -0.2) is 0 Å². The van der Waals surface area contributed by atoms with E-state index in [1.165, 1.54) is 0 Å². The first kappa shape index (κ1) is 14.5. The maximum absolute atomic E-state index is 12.5. The van der Waals surface area contributed by atoms with Gasteiger partial charge in [0.2, 0.25) is 17.7 Å². The molecule has 2 rings (SSSR count). The predicted molar refractivity (Wildman–Crippen MR) is 70.5 cm³/mol. The second-order valence-electron chi connectivity index (χ2n) is 5.49. The maximum atomic E-state index is 12.5. The van der Waals surface area contributed by atoms with Crippen LogP contribution in [-0.2, 0) is 16.1 Å². The van der Waals surface area contributed by atoms with E-state index < -0.39 is 6.04 Å². The van der Waals surface area contributed by atoms with Crippen molar-refractivity contribution in [1.82, 2.24) is 20.4 Å². The Morgan fingerprint density at radius 3 is 2.80 bits per heavy atom. The Hall–Kier alpha value is -1.92. The first-order chi connectivity index (χ1) is 9.45. The van der Waals surface area contributed by atoms with Gasteiger partial charge >= 0.3 is 0 Å². The monoisotopic (exact) mass is 280 g/mol. The van der Waals surface area contributed by atoms with Crippen LogP contribution in [0, 0.1) is 12.8 Å². The van der Waals surface area contributed by atoms with Crippen LogP contribution in [0.1, 0.15) is 38.4 Å². The van der Waals surface area contributed by atoms with Crippen LogP contribution in [0.5, 0.6) is 0 Å². The van der Waals surface area contributed by atoms with E-state index >= 15 is 0 Å². The molecule has 110 valence electrons. The van der Waals surface area contributed by atoms with Crippen molar-refractivity contribution in [2.45, 2.75) is 46.2 Å². The van der Waals surface area contributed by atoms with Crippen molar-refractivity contribution in [3.8, 4) is 0 Å². The molecule has 1 aliphatic rings. The third-order valence-electron chi connectivity index (χ3n) is 3.16. The van der Waals surface area contributed by atoms with Gasteiger partial charge in [-0.05, 0) is 19.3 Å². The summed E-state index contributed by atoms with van der Waals surface area (Å²) < 4.78 is 5.04. The van der Waals surface area contributed by atoms with Crippen molar-refractivity contribution in [1.29, 1.82) is 0 Å². The van der Waals surface area contributed by atoms with Gasteiger partial charge in [0.15, 0.2) is 5.82 Å². The third kappa shape index (κ3) is 3.55. The van der Waals surface area contributed by atoms with Gasteiger partial charge in [0.1, 0.15) is 12.6 Å². The van der Waals surface area contributed by atoms with Gasteiger partial charge in [-0.1, -0.05) is 19.0 Å². The van der Waals surface area contributed by atoms with Crippen LogP contribution < -0.4 is 5.32 Å². The molecule has 1 atom stereocenters. The van der Waals surface area contributed by atoms with E-state index in [4.69, 9.17) is 4.52 Å². The predicted octanol–water partition coefficient (Wildman–Crippen LogP) is 0.641. The summed E-state index contributed by atoms with van der Waals surface area (Å²) in [5, 5.41) is 6.49. The average Bonchev–Trinajstić information content (AvgIpc) is 2.72. The molecule has 20 heavy (non-hydrogen) atoms. The molecule has 0 radical (unpaired) electrons. The molecule has 7 nitrogen and oxygen atoms in total. The molecule has 7 heteroatoms. The highest BCUT2D eigenvalue weighted by molar-refractivity contribution is 5.89. The fourth-order valence-corrected chi connectivity index (χ4v) is 2.25. The summed E-state index contributed by atoms with van der Waals surface area (Å²) in [4.78, 5) is 29.8. The second-order valence-corrected chi connectivity index (χ2v) is 5.49. The molecule has 1 fully saturated rings. The highest BCUT2D eigenvalue weighted by Crippen LogP contribution is 2.14. The van der Waals surface area contributed by atoms with Crippen LogP contribution in [0.25, 0.3) is 0 Å². The first-order valence-corrected chi connectivity index (χ1v) is 6.83. The zero-order valence-electron chi connectivity index (χ0n) is 12.0. The fraction of sp³-hybridized carbons (Fsp3) is 0.692. The lowest BCUT2D eigenvalue weighted by Gasteiger charge is -2.23. The fourth-order valence-electron chi connectivity index (χ4n) is 2.25. The number of nitrogens with zero attached hydrogens (tertiary/aromatic N) is 3. The summed E-state index contributed by atoms with van der Waals surface area (Å²) in [6.07, 6.45) is 0.928. The topological polar surface area (TPSA) is 88.3 Å². The number of aryl methyl sites for hydroxylation is 1. The summed E-state index contributed by atoms with van der Waals surface area (Å²) in [5.74, 6) is 1.09. The summed E-state index contributed by atoms with van der Waals surface area (Å²) in [6.45, 7) is 6.40. The molecule has 2 heterocycles. The molecule has 1 saturated heterocycles. The molecule has 1 unspecified atom stereocenters. The zero-order valence-corrected chi connectivity index (χ0v) is 12.0. The summed E-state index contributed by atoms with van der Waals surface area (Å²) in [5.41, 5.74) is 0. The molecule has 0 aromatic carbocycles.